The van der Waals surface area contributed by atoms with Crippen LogP contribution in [0.5, 0.6) is 0 Å². The van der Waals surface area contributed by atoms with Gasteiger partial charge in [-0.15, -0.1) is 0 Å². The topological polar surface area (TPSA) is 59.3 Å². The van der Waals surface area contributed by atoms with Crippen LogP contribution in [-0.4, -0.2) is 15.6 Å². The smallest absolute Gasteiger partial charge is 0.353 e. The summed E-state index contributed by atoms with van der Waals surface area (Å²) in [7, 11) is 0. The van der Waals surface area contributed by atoms with Gasteiger partial charge in [0.05, 0.1) is 16.2 Å². The van der Waals surface area contributed by atoms with Crippen molar-refractivity contribution in [2.24, 2.45) is 0 Å². The van der Waals surface area contributed by atoms with E-state index < -0.39 is 34.5 Å². The Balaban J connectivity index is 2.54. The van der Waals surface area contributed by atoms with E-state index in [0.29, 0.717) is 6.07 Å². The number of carboxylic acids is 1. The maximum absolute atomic E-state index is 14.1. The highest BCUT2D eigenvalue weighted by Gasteiger charge is 2.20. The molecule has 0 unspecified atom stereocenters. The first kappa shape index (κ1) is 16.1. The number of benzene rings is 2. The van der Waals surface area contributed by atoms with Crippen LogP contribution in [-0.2, 0) is 0 Å². The Labute approximate surface area is 137 Å². The van der Waals surface area contributed by atoms with Crippen LogP contribution in [0.1, 0.15) is 10.5 Å². The average molecular weight is 354 g/mol. The molecular weight excluding hydrogens is 347 g/mol. The molecule has 0 radical (unpaired) electrons. The molecule has 122 valence electrons. The molecule has 8 heteroatoms. The standard InChI is InChI=1S/C16H7ClF3NO3/c17-9-5-13-8(4-10(9)19)15(22)6-14(16(23)24)21(13)12-2-1-7(18)3-11(12)20/h1-6H,(H,23,24). The number of rotatable bonds is 2. The van der Waals surface area contributed by atoms with E-state index in [1.165, 1.54) is 0 Å². The highest BCUT2D eigenvalue weighted by Crippen LogP contribution is 2.26. The lowest BCUT2D eigenvalue weighted by Crippen LogP contribution is -2.18. The molecule has 1 N–H and O–H groups in total. The molecule has 3 aromatic rings. The third-order valence-electron chi connectivity index (χ3n) is 3.42. The first-order chi connectivity index (χ1) is 11.3. The molecule has 3 rings (SSSR count). The van der Waals surface area contributed by atoms with Gasteiger partial charge in [-0.1, -0.05) is 11.6 Å². The normalized spacial score (nSPS) is 11.0. The molecule has 1 heterocycles. The number of pyridine rings is 1. The number of aromatic carboxylic acids is 1. The van der Waals surface area contributed by atoms with Gasteiger partial charge in [0.2, 0.25) is 0 Å². The Morgan fingerprint density at radius 3 is 2.38 bits per heavy atom. The predicted octanol–water partition coefficient (Wildman–Crippen LogP) is 3.76. The minimum absolute atomic E-state index is 0.114. The van der Waals surface area contributed by atoms with Gasteiger partial charge >= 0.3 is 5.97 Å². The Morgan fingerprint density at radius 1 is 1.04 bits per heavy atom. The highest BCUT2D eigenvalue weighted by atomic mass is 35.5. The van der Waals surface area contributed by atoms with Crippen molar-refractivity contribution >= 4 is 28.5 Å². The van der Waals surface area contributed by atoms with Gasteiger partial charge in [-0.25, -0.2) is 18.0 Å². The quantitative estimate of drug-likeness (QED) is 0.763. The fraction of sp³-hybridized carbons (Fsp3) is 0. The molecule has 0 bridgehead atoms. The Kier molecular flexibility index (Phi) is 3.81. The summed E-state index contributed by atoms with van der Waals surface area (Å²) in [6.45, 7) is 0. The summed E-state index contributed by atoms with van der Waals surface area (Å²) in [5.74, 6) is -4.31. The zero-order chi connectivity index (χ0) is 17.6. The molecule has 0 saturated carbocycles. The molecule has 0 amide bonds. The van der Waals surface area contributed by atoms with Crippen LogP contribution in [0.2, 0.25) is 5.02 Å². The number of hydrogen-bond donors (Lipinski definition) is 1. The van der Waals surface area contributed by atoms with E-state index >= 15 is 0 Å². The van der Waals surface area contributed by atoms with Gasteiger partial charge < -0.3 is 9.67 Å². The van der Waals surface area contributed by atoms with Crippen molar-refractivity contribution in [3.63, 3.8) is 0 Å². The molecule has 0 aliphatic carbocycles. The van der Waals surface area contributed by atoms with Crippen molar-refractivity contribution in [3.8, 4) is 5.69 Å². The molecule has 0 aliphatic rings. The largest absolute Gasteiger partial charge is 0.477 e. The van der Waals surface area contributed by atoms with Gasteiger partial charge in [0.1, 0.15) is 23.1 Å². The van der Waals surface area contributed by atoms with Crippen LogP contribution in [0.3, 0.4) is 0 Å². The molecule has 0 spiro atoms. The molecule has 4 nitrogen and oxygen atoms in total. The van der Waals surface area contributed by atoms with Crippen LogP contribution in [0.15, 0.2) is 41.2 Å². The summed E-state index contributed by atoms with van der Waals surface area (Å²) in [6, 6.07) is 5.10. The molecular formula is C16H7ClF3NO3. The van der Waals surface area contributed by atoms with Crippen LogP contribution < -0.4 is 5.43 Å². The van der Waals surface area contributed by atoms with E-state index in [-0.39, 0.29) is 21.6 Å². The number of nitrogens with zero attached hydrogens (tertiary/aromatic N) is 1. The lowest BCUT2D eigenvalue weighted by atomic mass is 10.1. The molecule has 1 aromatic heterocycles. The second-order valence-electron chi connectivity index (χ2n) is 4.91. The number of carboxylic acid groups (broad SMARTS) is 1. The first-order valence-corrected chi connectivity index (χ1v) is 6.91. The van der Waals surface area contributed by atoms with Gasteiger partial charge in [0.25, 0.3) is 0 Å². The van der Waals surface area contributed by atoms with Crippen molar-refractivity contribution < 1.29 is 23.1 Å². The SMILES string of the molecule is O=C(O)c1cc(=O)c2cc(F)c(Cl)cc2n1-c1ccc(F)cc1F. The lowest BCUT2D eigenvalue weighted by Gasteiger charge is -2.16. The van der Waals surface area contributed by atoms with Crippen LogP contribution >= 0.6 is 11.6 Å². The Bertz CT molecular complexity index is 1060. The van der Waals surface area contributed by atoms with E-state index in [1.54, 1.807) is 0 Å². The number of carbonyl (C=O) groups is 1. The van der Waals surface area contributed by atoms with Crippen molar-refractivity contribution in [1.82, 2.24) is 4.57 Å². The van der Waals surface area contributed by atoms with Gasteiger partial charge in [0.15, 0.2) is 5.43 Å². The van der Waals surface area contributed by atoms with Crippen LogP contribution in [0, 0.1) is 17.5 Å². The summed E-state index contributed by atoms with van der Waals surface area (Å²) in [6.07, 6.45) is 0. The number of fused-ring (bicyclic) bond motifs is 1. The number of aromatic nitrogens is 1. The molecule has 24 heavy (non-hydrogen) atoms. The second kappa shape index (κ2) is 5.68. The maximum Gasteiger partial charge on any atom is 0.353 e. The van der Waals surface area contributed by atoms with E-state index in [9.17, 15) is 27.9 Å². The van der Waals surface area contributed by atoms with Crippen LogP contribution in [0.25, 0.3) is 16.6 Å². The Hall–Kier alpha value is -2.80. The zero-order valence-electron chi connectivity index (χ0n) is 11.7. The summed E-state index contributed by atoms with van der Waals surface area (Å²) < 4.78 is 41.8. The summed E-state index contributed by atoms with van der Waals surface area (Å²) in [5, 5.41) is 8.75. The van der Waals surface area contributed by atoms with E-state index in [2.05, 4.69) is 0 Å². The summed E-state index contributed by atoms with van der Waals surface area (Å²) in [4.78, 5) is 23.5. The first-order valence-electron chi connectivity index (χ1n) is 6.53. The van der Waals surface area contributed by atoms with Crippen LogP contribution in [0.4, 0.5) is 13.2 Å². The van der Waals surface area contributed by atoms with E-state index in [4.69, 9.17) is 11.6 Å². The maximum atomic E-state index is 14.1. The van der Waals surface area contributed by atoms with E-state index in [0.717, 1.165) is 34.9 Å². The van der Waals surface area contributed by atoms with Gasteiger partial charge in [0, 0.05) is 17.5 Å². The minimum Gasteiger partial charge on any atom is -0.477 e. The molecule has 0 aliphatic heterocycles. The lowest BCUT2D eigenvalue weighted by molar-refractivity contribution is 0.0687. The van der Waals surface area contributed by atoms with Gasteiger partial charge in [-0.05, 0) is 24.3 Å². The third-order valence-corrected chi connectivity index (χ3v) is 3.71. The van der Waals surface area contributed by atoms with Crippen molar-refractivity contribution in [1.29, 1.82) is 0 Å². The second-order valence-corrected chi connectivity index (χ2v) is 5.32. The molecule has 2 aromatic carbocycles. The van der Waals surface area contributed by atoms with Crippen molar-refractivity contribution in [2.45, 2.75) is 0 Å². The minimum atomic E-state index is -1.52. The predicted molar refractivity (Wildman–Crippen MR) is 81.4 cm³/mol. The van der Waals surface area contributed by atoms with E-state index in [1.807, 2.05) is 0 Å². The van der Waals surface area contributed by atoms with Gasteiger partial charge in [-0.3, -0.25) is 4.79 Å². The molecule has 0 saturated heterocycles. The molecule has 0 atom stereocenters. The van der Waals surface area contributed by atoms with Gasteiger partial charge in [-0.2, -0.15) is 0 Å². The van der Waals surface area contributed by atoms with Crippen molar-refractivity contribution in [2.75, 3.05) is 0 Å². The average Bonchev–Trinajstić information content (AvgIpc) is 2.50. The fourth-order valence-electron chi connectivity index (χ4n) is 2.39. The summed E-state index contributed by atoms with van der Waals surface area (Å²) >= 11 is 5.70. The van der Waals surface area contributed by atoms with Crippen molar-refractivity contribution in [3.05, 3.63) is 74.8 Å². The number of halogens is 4. The zero-order valence-corrected chi connectivity index (χ0v) is 12.4. The highest BCUT2D eigenvalue weighted by molar-refractivity contribution is 6.31. The number of hydrogen-bond acceptors (Lipinski definition) is 2. The third kappa shape index (κ3) is 2.52. The monoisotopic (exact) mass is 353 g/mol. The summed E-state index contributed by atoms with van der Waals surface area (Å²) in [5.41, 5.74) is -1.77. The Morgan fingerprint density at radius 2 is 1.75 bits per heavy atom. The fourth-order valence-corrected chi connectivity index (χ4v) is 2.55. The molecule has 0 fully saturated rings.